The quantitative estimate of drug-likeness (QED) is 0.584. The molecule has 6 heteroatoms. The molecule has 2 rings (SSSR count). The molecule has 0 aliphatic carbocycles. The molecule has 0 spiro atoms. The molecule has 0 radical (unpaired) electrons. The molecule has 0 aliphatic heterocycles. The van der Waals surface area contributed by atoms with E-state index in [1.165, 1.54) is 4.40 Å². The fourth-order valence-electron chi connectivity index (χ4n) is 1.64. The topological polar surface area (TPSA) is 73.3 Å². The molecule has 0 aromatic carbocycles. The highest BCUT2D eigenvalue weighted by molar-refractivity contribution is 5.43. The Bertz CT molecular complexity index is 533. The van der Waals surface area contributed by atoms with Gasteiger partial charge in [0.2, 0.25) is 0 Å². The molecule has 0 aliphatic rings. The lowest BCUT2D eigenvalue weighted by molar-refractivity contribution is -0.391. The number of rotatable bonds is 3. The maximum Gasteiger partial charge on any atom is 0.352 e. The number of nitro groups is 1. The maximum absolute atomic E-state index is 11.0. The van der Waals surface area contributed by atoms with Crippen LogP contribution in [0.15, 0.2) is 18.5 Å². The van der Waals surface area contributed by atoms with E-state index < -0.39 is 4.92 Å². The van der Waals surface area contributed by atoms with Crippen LogP contribution in [0.3, 0.4) is 0 Å². The third-order valence-electron chi connectivity index (χ3n) is 2.22. The van der Waals surface area contributed by atoms with E-state index in [1.807, 2.05) is 13.8 Å². The van der Waals surface area contributed by atoms with E-state index in [2.05, 4.69) is 9.97 Å². The van der Waals surface area contributed by atoms with E-state index in [0.29, 0.717) is 23.8 Å². The third-order valence-corrected chi connectivity index (χ3v) is 2.22. The SMILES string of the molecule is CC(C)Cc1nc2ncccn2c1[N+](=O)[O-]. The van der Waals surface area contributed by atoms with Crippen molar-refractivity contribution in [1.29, 1.82) is 0 Å². The van der Waals surface area contributed by atoms with Gasteiger partial charge in [0.15, 0.2) is 0 Å². The van der Waals surface area contributed by atoms with Gasteiger partial charge in [-0.05, 0) is 16.9 Å². The summed E-state index contributed by atoms with van der Waals surface area (Å²) in [5, 5.41) is 11.0. The average molecular weight is 220 g/mol. The molecule has 2 aromatic heterocycles. The lowest BCUT2D eigenvalue weighted by Gasteiger charge is -2.00. The van der Waals surface area contributed by atoms with Crippen molar-refractivity contribution >= 4 is 11.6 Å². The average Bonchev–Trinajstić information content (AvgIpc) is 2.53. The summed E-state index contributed by atoms with van der Waals surface area (Å²) in [6.45, 7) is 4.00. The van der Waals surface area contributed by atoms with Crippen LogP contribution in [0.5, 0.6) is 0 Å². The highest BCUT2D eigenvalue weighted by Crippen LogP contribution is 2.21. The Balaban J connectivity index is 2.63. The molecule has 0 bridgehead atoms. The number of aromatic nitrogens is 3. The second-order valence-corrected chi connectivity index (χ2v) is 4.03. The summed E-state index contributed by atoms with van der Waals surface area (Å²) in [6.07, 6.45) is 3.77. The van der Waals surface area contributed by atoms with Gasteiger partial charge in [0, 0.05) is 12.6 Å². The zero-order chi connectivity index (χ0) is 11.7. The molecule has 16 heavy (non-hydrogen) atoms. The first kappa shape index (κ1) is 10.5. The van der Waals surface area contributed by atoms with Crippen LogP contribution in [-0.4, -0.2) is 19.3 Å². The number of nitrogens with zero attached hydrogens (tertiary/aromatic N) is 4. The lowest BCUT2D eigenvalue weighted by atomic mass is 10.1. The molecular formula is C10H12N4O2. The predicted octanol–water partition coefficient (Wildman–Crippen LogP) is 1.84. The molecule has 0 amide bonds. The van der Waals surface area contributed by atoms with Crippen LogP contribution in [0, 0.1) is 16.0 Å². The maximum atomic E-state index is 11.0. The zero-order valence-electron chi connectivity index (χ0n) is 9.12. The highest BCUT2D eigenvalue weighted by atomic mass is 16.6. The lowest BCUT2D eigenvalue weighted by Crippen LogP contribution is -2.00. The van der Waals surface area contributed by atoms with Crippen LogP contribution in [0.25, 0.3) is 5.78 Å². The second-order valence-electron chi connectivity index (χ2n) is 4.03. The molecule has 84 valence electrons. The molecule has 0 unspecified atom stereocenters. The fourth-order valence-corrected chi connectivity index (χ4v) is 1.64. The van der Waals surface area contributed by atoms with Crippen LogP contribution in [-0.2, 0) is 6.42 Å². The first-order valence-corrected chi connectivity index (χ1v) is 5.06. The first-order valence-electron chi connectivity index (χ1n) is 5.06. The van der Waals surface area contributed by atoms with Crippen molar-refractivity contribution in [1.82, 2.24) is 14.4 Å². The zero-order valence-corrected chi connectivity index (χ0v) is 9.12. The molecule has 0 N–H and O–H groups in total. The van der Waals surface area contributed by atoms with Crippen molar-refractivity contribution in [3.8, 4) is 0 Å². The monoisotopic (exact) mass is 220 g/mol. The summed E-state index contributed by atoms with van der Waals surface area (Å²) >= 11 is 0. The molecule has 0 fully saturated rings. The number of hydrogen-bond donors (Lipinski definition) is 0. The Hall–Kier alpha value is -1.98. The van der Waals surface area contributed by atoms with E-state index in [0.717, 1.165) is 0 Å². The minimum Gasteiger partial charge on any atom is -0.358 e. The van der Waals surface area contributed by atoms with Crippen LogP contribution < -0.4 is 0 Å². The van der Waals surface area contributed by atoms with Gasteiger partial charge in [-0.15, -0.1) is 0 Å². The summed E-state index contributed by atoms with van der Waals surface area (Å²) in [5.74, 6) is 0.727. The summed E-state index contributed by atoms with van der Waals surface area (Å²) in [7, 11) is 0. The van der Waals surface area contributed by atoms with Crippen molar-refractivity contribution in [2.45, 2.75) is 20.3 Å². The minimum atomic E-state index is -0.403. The van der Waals surface area contributed by atoms with Crippen molar-refractivity contribution in [2.24, 2.45) is 5.92 Å². The Kier molecular flexibility index (Phi) is 2.55. The van der Waals surface area contributed by atoms with Crippen molar-refractivity contribution in [3.05, 3.63) is 34.3 Å². The van der Waals surface area contributed by atoms with E-state index in [9.17, 15) is 10.1 Å². The summed E-state index contributed by atoms with van der Waals surface area (Å²) in [6, 6.07) is 1.65. The molecule has 0 saturated heterocycles. The van der Waals surface area contributed by atoms with Crippen LogP contribution in [0.1, 0.15) is 19.5 Å². The van der Waals surface area contributed by atoms with E-state index in [4.69, 9.17) is 0 Å². The van der Waals surface area contributed by atoms with Gasteiger partial charge in [-0.1, -0.05) is 13.8 Å². The van der Waals surface area contributed by atoms with Crippen LogP contribution in [0.4, 0.5) is 5.82 Å². The van der Waals surface area contributed by atoms with Gasteiger partial charge in [-0.3, -0.25) is 0 Å². The molecular weight excluding hydrogens is 208 g/mol. The molecule has 2 aromatic rings. The number of imidazole rings is 1. The smallest absolute Gasteiger partial charge is 0.352 e. The van der Waals surface area contributed by atoms with E-state index >= 15 is 0 Å². The van der Waals surface area contributed by atoms with Gasteiger partial charge in [-0.2, -0.15) is 14.4 Å². The van der Waals surface area contributed by atoms with Gasteiger partial charge in [-0.25, -0.2) is 0 Å². The predicted molar refractivity (Wildman–Crippen MR) is 58.2 cm³/mol. The molecule has 0 atom stereocenters. The normalized spacial score (nSPS) is 11.2. The highest BCUT2D eigenvalue weighted by Gasteiger charge is 2.23. The molecule has 6 nitrogen and oxygen atoms in total. The number of fused-ring (bicyclic) bond motifs is 1. The van der Waals surface area contributed by atoms with E-state index in [1.54, 1.807) is 18.5 Å². The van der Waals surface area contributed by atoms with Gasteiger partial charge in [0.05, 0.1) is 0 Å². The van der Waals surface area contributed by atoms with Crippen molar-refractivity contribution in [2.75, 3.05) is 0 Å². The Morgan fingerprint density at radius 3 is 2.94 bits per heavy atom. The Morgan fingerprint density at radius 1 is 1.56 bits per heavy atom. The van der Waals surface area contributed by atoms with Gasteiger partial charge in [0.25, 0.3) is 0 Å². The summed E-state index contributed by atoms with van der Waals surface area (Å²) in [4.78, 5) is 18.8. The van der Waals surface area contributed by atoms with Crippen LogP contribution >= 0.6 is 0 Å². The second kappa shape index (κ2) is 3.88. The van der Waals surface area contributed by atoms with Gasteiger partial charge < -0.3 is 10.1 Å². The van der Waals surface area contributed by atoms with E-state index in [-0.39, 0.29) is 5.82 Å². The molecule has 2 heterocycles. The molecule has 0 saturated carbocycles. The van der Waals surface area contributed by atoms with Crippen LogP contribution in [0.2, 0.25) is 0 Å². The Morgan fingerprint density at radius 2 is 2.31 bits per heavy atom. The standard InChI is InChI=1S/C10H12N4O2/c1-7(2)6-8-9(14(15)16)13-5-3-4-11-10(13)12-8/h3-5,7H,6H2,1-2H3. The summed E-state index contributed by atoms with van der Waals surface area (Å²) in [5.41, 5.74) is 0.499. The van der Waals surface area contributed by atoms with Gasteiger partial charge in [0.1, 0.15) is 11.9 Å². The third kappa shape index (κ3) is 1.73. The largest absolute Gasteiger partial charge is 0.358 e. The summed E-state index contributed by atoms with van der Waals surface area (Å²) < 4.78 is 1.41. The van der Waals surface area contributed by atoms with Crippen molar-refractivity contribution in [3.63, 3.8) is 0 Å². The van der Waals surface area contributed by atoms with Crippen molar-refractivity contribution < 1.29 is 4.92 Å². The fraction of sp³-hybridized carbons (Fsp3) is 0.400. The van der Waals surface area contributed by atoms with Gasteiger partial charge >= 0.3 is 11.6 Å². The minimum absolute atomic E-state index is 0.0248. The number of hydrogen-bond acceptors (Lipinski definition) is 4. The Labute approximate surface area is 92.1 Å². The first-order chi connectivity index (χ1) is 7.59.